The summed E-state index contributed by atoms with van der Waals surface area (Å²) >= 11 is 0. The maximum Gasteiger partial charge on any atom is 0.119 e. The fourth-order valence-electron chi connectivity index (χ4n) is 2.54. The van der Waals surface area contributed by atoms with Crippen molar-refractivity contribution in [2.75, 3.05) is 13.7 Å². The number of hydrogen-bond donors (Lipinski definition) is 2. The molecule has 0 bridgehead atoms. The molecule has 19 heavy (non-hydrogen) atoms. The molecule has 1 atom stereocenters. The van der Waals surface area contributed by atoms with E-state index in [1.165, 1.54) is 0 Å². The van der Waals surface area contributed by atoms with E-state index in [4.69, 9.17) is 15.3 Å². The third-order valence-corrected chi connectivity index (χ3v) is 3.82. The highest BCUT2D eigenvalue weighted by Gasteiger charge is 2.36. The molecule has 0 saturated carbocycles. The highest BCUT2D eigenvalue weighted by Crippen LogP contribution is 2.34. The number of nitrogens with two attached hydrogens (primary N) is 1. The minimum absolute atomic E-state index is 0.0387. The van der Waals surface area contributed by atoms with Crippen LogP contribution in [0.2, 0.25) is 0 Å². The van der Waals surface area contributed by atoms with E-state index in [1.54, 1.807) is 7.11 Å². The molecule has 0 radical (unpaired) electrons. The van der Waals surface area contributed by atoms with Gasteiger partial charge in [-0.3, -0.25) is 11.3 Å². The summed E-state index contributed by atoms with van der Waals surface area (Å²) in [6, 6.07) is 7.97. The number of hydrazine groups is 1. The first kappa shape index (κ1) is 16.0. The lowest BCUT2D eigenvalue weighted by Gasteiger charge is -2.38. The third-order valence-electron chi connectivity index (χ3n) is 3.82. The summed E-state index contributed by atoms with van der Waals surface area (Å²) in [4.78, 5) is 0. The Kier molecular flexibility index (Phi) is 6.28. The molecule has 0 aromatic heterocycles. The molecular weight excluding hydrogens is 240 g/mol. The molecule has 1 aromatic rings. The van der Waals surface area contributed by atoms with Crippen molar-refractivity contribution in [3.8, 4) is 5.75 Å². The number of benzene rings is 1. The minimum atomic E-state index is -0.290. The Labute approximate surface area is 116 Å². The topological polar surface area (TPSA) is 56.5 Å². The molecule has 0 spiro atoms. The second-order valence-electron chi connectivity index (χ2n) is 4.58. The van der Waals surface area contributed by atoms with Gasteiger partial charge in [-0.2, -0.15) is 0 Å². The molecule has 0 saturated heterocycles. The van der Waals surface area contributed by atoms with Gasteiger partial charge in [-0.25, -0.2) is 0 Å². The quantitative estimate of drug-likeness (QED) is 0.561. The monoisotopic (exact) mass is 266 g/mol. The van der Waals surface area contributed by atoms with Crippen molar-refractivity contribution in [1.82, 2.24) is 5.43 Å². The molecule has 1 rings (SSSR count). The summed E-state index contributed by atoms with van der Waals surface area (Å²) in [5.41, 5.74) is 3.72. The molecule has 4 nitrogen and oxygen atoms in total. The van der Waals surface area contributed by atoms with Crippen LogP contribution in [-0.2, 0) is 4.74 Å². The zero-order valence-corrected chi connectivity index (χ0v) is 12.4. The smallest absolute Gasteiger partial charge is 0.119 e. The Morgan fingerprint density at radius 1 is 1.16 bits per heavy atom. The molecule has 4 heteroatoms. The van der Waals surface area contributed by atoms with Gasteiger partial charge in [-0.1, -0.05) is 26.0 Å². The van der Waals surface area contributed by atoms with Gasteiger partial charge in [0.15, 0.2) is 0 Å². The fourth-order valence-corrected chi connectivity index (χ4v) is 2.54. The van der Waals surface area contributed by atoms with Gasteiger partial charge in [0.1, 0.15) is 5.75 Å². The van der Waals surface area contributed by atoms with E-state index >= 15 is 0 Å². The SMILES string of the molecule is CCOc1ccc(C(NN)C(CC)(CC)OC)cc1. The number of nitrogens with one attached hydrogen (secondary N) is 1. The Balaban J connectivity index is 3.01. The predicted molar refractivity (Wildman–Crippen MR) is 78.0 cm³/mol. The maximum atomic E-state index is 5.75. The largest absolute Gasteiger partial charge is 0.494 e. The van der Waals surface area contributed by atoms with Crippen molar-refractivity contribution in [2.24, 2.45) is 5.84 Å². The normalized spacial score (nSPS) is 13.3. The molecule has 0 fully saturated rings. The second-order valence-corrected chi connectivity index (χ2v) is 4.58. The number of rotatable bonds is 8. The first-order chi connectivity index (χ1) is 9.17. The molecule has 108 valence electrons. The van der Waals surface area contributed by atoms with Gasteiger partial charge >= 0.3 is 0 Å². The lowest BCUT2D eigenvalue weighted by atomic mass is 9.84. The van der Waals surface area contributed by atoms with E-state index in [1.807, 2.05) is 31.2 Å². The van der Waals surface area contributed by atoms with E-state index in [2.05, 4.69) is 19.3 Å². The zero-order chi connectivity index (χ0) is 14.3. The van der Waals surface area contributed by atoms with Crippen molar-refractivity contribution < 1.29 is 9.47 Å². The molecule has 1 unspecified atom stereocenters. The highest BCUT2D eigenvalue weighted by molar-refractivity contribution is 5.30. The number of ether oxygens (including phenoxy) is 2. The van der Waals surface area contributed by atoms with Gasteiger partial charge in [-0.15, -0.1) is 0 Å². The summed E-state index contributed by atoms with van der Waals surface area (Å²) < 4.78 is 11.2. The zero-order valence-electron chi connectivity index (χ0n) is 12.4. The van der Waals surface area contributed by atoms with Crippen LogP contribution in [0.1, 0.15) is 45.2 Å². The van der Waals surface area contributed by atoms with Crippen molar-refractivity contribution in [1.29, 1.82) is 0 Å². The van der Waals surface area contributed by atoms with Crippen LogP contribution in [0.4, 0.5) is 0 Å². The standard InChI is InChI=1S/C15H26N2O2/c1-5-15(6-2,18-4)14(17-16)12-8-10-13(11-9-12)19-7-3/h8-11,14,17H,5-7,16H2,1-4H3. The molecule has 0 aliphatic carbocycles. The van der Waals surface area contributed by atoms with Gasteiger partial charge in [0, 0.05) is 7.11 Å². The summed E-state index contributed by atoms with van der Waals surface area (Å²) in [5, 5.41) is 0. The van der Waals surface area contributed by atoms with E-state index in [-0.39, 0.29) is 11.6 Å². The Bertz CT molecular complexity index is 353. The lowest BCUT2D eigenvalue weighted by Crippen LogP contribution is -2.47. The van der Waals surface area contributed by atoms with E-state index in [0.717, 1.165) is 24.2 Å². The summed E-state index contributed by atoms with van der Waals surface area (Å²) in [6.45, 7) is 6.88. The highest BCUT2D eigenvalue weighted by atomic mass is 16.5. The summed E-state index contributed by atoms with van der Waals surface area (Å²) in [5.74, 6) is 6.63. The molecule has 0 heterocycles. The Morgan fingerprint density at radius 3 is 2.11 bits per heavy atom. The molecule has 3 N–H and O–H groups in total. The Morgan fingerprint density at radius 2 is 1.74 bits per heavy atom. The van der Waals surface area contributed by atoms with Crippen LogP contribution in [-0.4, -0.2) is 19.3 Å². The molecule has 0 aliphatic heterocycles. The first-order valence-electron chi connectivity index (χ1n) is 6.91. The molecule has 0 amide bonds. The maximum absolute atomic E-state index is 5.75. The molecular formula is C15H26N2O2. The second kappa shape index (κ2) is 7.48. The number of methoxy groups -OCH3 is 1. The fraction of sp³-hybridized carbons (Fsp3) is 0.600. The average Bonchev–Trinajstić information content (AvgIpc) is 2.46. The van der Waals surface area contributed by atoms with Crippen LogP contribution in [0.15, 0.2) is 24.3 Å². The van der Waals surface area contributed by atoms with Crippen molar-refractivity contribution in [3.05, 3.63) is 29.8 Å². The summed E-state index contributed by atoms with van der Waals surface area (Å²) in [7, 11) is 1.74. The average molecular weight is 266 g/mol. The molecule has 0 aliphatic rings. The van der Waals surface area contributed by atoms with Gasteiger partial charge in [0.2, 0.25) is 0 Å². The molecule has 1 aromatic carbocycles. The van der Waals surface area contributed by atoms with E-state index in [9.17, 15) is 0 Å². The van der Waals surface area contributed by atoms with Gasteiger partial charge in [0.05, 0.1) is 18.2 Å². The van der Waals surface area contributed by atoms with Gasteiger partial charge in [-0.05, 0) is 37.5 Å². The lowest BCUT2D eigenvalue weighted by molar-refractivity contribution is -0.0486. The predicted octanol–water partition coefficient (Wildman–Crippen LogP) is 2.79. The third kappa shape index (κ3) is 3.47. The van der Waals surface area contributed by atoms with Crippen LogP contribution >= 0.6 is 0 Å². The van der Waals surface area contributed by atoms with Crippen LogP contribution < -0.4 is 16.0 Å². The van der Waals surface area contributed by atoms with Crippen LogP contribution in [0.5, 0.6) is 5.75 Å². The first-order valence-corrected chi connectivity index (χ1v) is 6.91. The van der Waals surface area contributed by atoms with Crippen molar-refractivity contribution >= 4 is 0 Å². The van der Waals surface area contributed by atoms with Gasteiger partial charge < -0.3 is 9.47 Å². The van der Waals surface area contributed by atoms with Crippen LogP contribution in [0.25, 0.3) is 0 Å². The minimum Gasteiger partial charge on any atom is -0.494 e. The van der Waals surface area contributed by atoms with Crippen LogP contribution in [0, 0.1) is 0 Å². The van der Waals surface area contributed by atoms with Crippen LogP contribution in [0.3, 0.4) is 0 Å². The van der Waals surface area contributed by atoms with E-state index < -0.39 is 0 Å². The summed E-state index contributed by atoms with van der Waals surface area (Å²) in [6.07, 6.45) is 1.78. The van der Waals surface area contributed by atoms with Crippen molar-refractivity contribution in [2.45, 2.75) is 45.3 Å². The van der Waals surface area contributed by atoms with Crippen molar-refractivity contribution in [3.63, 3.8) is 0 Å². The van der Waals surface area contributed by atoms with E-state index in [0.29, 0.717) is 6.61 Å². The number of hydrogen-bond acceptors (Lipinski definition) is 4. The van der Waals surface area contributed by atoms with Gasteiger partial charge in [0.25, 0.3) is 0 Å². The Hall–Kier alpha value is -1.10.